The molecule has 1 aromatic rings. The van der Waals surface area contributed by atoms with E-state index in [2.05, 4.69) is 26.0 Å². The summed E-state index contributed by atoms with van der Waals surface area (Å²) < 4.78 is 5.57. The fraction of sp³-hybridized carbons (Fsp3) is 0.385. The third kappa shape index (κ3) is 5.24. The minimum absolute atomic E-state index is 0.133. The van der Waals surface area contributed by atoms with Gasteiger partial charge < -0.3 is 10.1 Å². The van der Waals surface area contributed by atoms with Gasteiger partial charge in [-0.25, -0.2) is 0 Å². The monoisotopic (exact) mass is 345 g/mol. The van der Waals surface area contributed by atoms with Crippen LogP contribution in [0.25, 0.3) is 0 Å². The summed E-state index contributed by atoms with van der Waals surface area (Å²) in [5.74, 6) is -0.241. The second-order valence-corrected chi connectivity index (χ2v) is 6.23. The summed E-state index contributed by atoms with van der Waals surface area (Å²) in [5, 5.41) is 2.47. The number of halogens is 1. The predicted molar refractivity (Wildman–Crippen MR) is 81.4 cm³/mol. The average Bonchev–Trinajstić information content (AvgIpc) is 2.38. The highest BCUT2D eigenvalue weighted by Gasteiger charge is 2.15. The summed E-state index contributed by atoms with van der Waals surface area (Å²) in [6.07, 6.45) is 0. The van der Waals surface area contributed by atoms with E-state index in [1.807, 2.05) is 25.1 Å². The molecule has 0 aliphatic heterocycles. The molecule has 0 saturated carbocycles. The molecular formula is C13H16BrNO3S. The molecule has 4 nitrogen and oxygen atoms in total. The highest BCUT2D eigenvalue weighted by molar-refractivity contribution is 9.10. The van der Waals surface area contributed by atoms with Crippen LogP contribution < -0.4 is 5.32 Å². The van der Waals surface area contributed by atoms with Crippen molar-refractivity contribution in [1.29, 1.82) is 0 Å². The van der Waals surface area contributed by atoms with E-state index in [1.54, 1.807) is 6.92 Å². The molecule has 1 atom stereocenters. The highest BCUT2D eigenvalue weighted by Crippen LogP contribution is 2.20. The number of carbonyl (C=O) groups is 2. The number of carbonyl (C=O) groups excluding carboxylic acids is 2. The van der Waals surface area contributed by atoms with Crippen LogP contribution in [0.2, 0.25) is 0 Å². The fourth-order valence-corrected chi connectivity index (χ4v) is 2.57. The Morgan fingerprint density at radius 1 is 1.47 bits per heavy atom. The van der Waals surface area contributed by atoms with Crippen molar-refractivity contribution in [3.05, 3.63) is 28.2 Å². The second-order valence-electron chi connectivity index (χ2n) is 3.98. The van der Waals surface area contributed by atoms with Crippen LogP contribution in [0.15, 0.2) is 22.7 Å². The first kappa shape index (κ1) is 16.0. The van der Waals surface area contributed by atoms with Gasteiger partial charge in [0.25, 0.3) is 0 Å². The Morgan fingerprint density at radius 2 is 2.16 bits per heavy atom. The van der Waals surface area contributed by atoms with E-state index in [-0.39, 0.29) is 22.9 Å². The minimum atomic E-state index is -0.346. The molecule has 19 heavy (non-hydrogen) atoms. The Hall–Kier alpha value is -1.01. The zero-order chi connectivity index (χ0) is 14.4. The van der Waals surface area contributed by atoms with Gasteiger partial charge >= 0.3 is 5.97 Å². The smallest absolute Gasteiger partial charge is 0.318 e. The molecule has 0 aliphatic rings. The van der Waals surface area contributed by atoms with Crippen LogP contribution >= 0.6 is 27.7 Å². The number of benzene rings is 1. The average molecular weight is 346 g/mol. The van der Waals surface area contributed by atoms with E-state index >= 15 is 0 Å². The van der Waals surface area contributed by atoms with Crippen LogP contribution in [0.3, 0.4) is 0 Å². The molecule has 1 N–H and O–H groups in total. The van der Waals surface area contributed by atoms with Crippen LogP contribution in [0.4, 0.5) is 5.69 Å². The largest absolute Gasteiger partial charge is 0.468 e. The normalized spacial score (nSPS) is 11.8. The number of esters is 1. The van der Waals surface area contributed by atoms with Crippen molar-refractivity contribution in [2.45, 2.75) is 19.1 Å². The number of hydrogen-bond donors (Lipinski definition) is 1. The quantitative estimate of drug-likeness (QED) is 0.833. The van der Waals surface area contributed by atoms with Gasteiger partial charge in [-0.3, -0.25) is 9.59 Å². The number of nitrogens with one attached hydrogen (secondary N) is 1. The van der Waals surface area contributed by atoms with Gasteiger partial charge in [0.2, 0.25) is 5.91 Å². The second kappa shape index (κ2) is 7.55. The molecule has 0 aromatic heterocycles. The molecule has 1 amide bonds. The van der Waals surface area contributed by atoms with Gasteiger partial charge in [-0.1, -0.05) is 15.9 Å². The first-order chi connectivity index (χ1) is 8.93. The van der Waals surface area contributed by atoms with Crippen molar-refractivity contribution >= 4 is 45.3 Å². The van der Waals surface area contributed by atoms with E-state index in [0.717, 1.165) is 15.7 Å². The predicted octanol–water partition coefficient (Wildman–Crippen LogP) is 2.99. The molecule has 0 saturated heterocycles. The Bertz CT molecular complexity index is 479. The Morgan fingerprint density at radius 3 is 2.74 bits per heavy atom. The van der Waals surface area contributed by atoms with E-state index in [9.17, 15) is 9.59 Å². The van der Waals surface area contributed by atoms with E-state index in [0.29, 0.717) is 0 Å². The lowest BCUT2D eigenvalue weighted by atomic mass is 10.2. The van der Waals surface area contributed by atoms with Crippen molar-refractivity contribution in [3.8, 4) is 0 Å². The number of methoxy groups -OCH3 is 1. The van der Waals surface area contributed by atoms with Gasteiger partial charge in [0.05, 0.1) is 12.9 Å². The van der Waals surface area contributed by atoms with E-state index in [1.165, 1.54) is 18.9 Å². The molecule has 6 heteroatoms. The van der Waals surface area contributed by atoms with E-state index in [4.69, 9.17) is 0 Å². The van der Waals surface area contributed by atoms with Crippen molar-refractivity contribution < 1.29 is 14.3 Å². The van der Waals surface area contributed by atoms with Gasteiger partial charge in [-0.15, -0.1) is 11.8 Å². The molecule has 0 radical (unpaired) electrons. The van der Waals surface area contributed by atoms with Crippen LogP contribution in [0.1, 0.15) is 12.5 Å². The third-order valence-electron chi connectivity index (χ3n) is 2.46. The van der Waals surface area contributed by atoms with Crippen molar-refractivity contribution in [2.24, 2.45) is 0 Å². The number of hydrogen-bond acceptors (Lipinski definition) is 4. The first-order valence-electron chi connectivity index (χ1n) is 5.69. The molecule has 0 spiro atoms. The highest BCUT2D eigenvalue weighted by atomic mass is 79.9. The van der Waals surface area contributed by atoms with Crippen LogP contribution in [0.5, 0.6) is 0 Å². The molecule has 104 valence electrons. The maximum absolute atomic E-state index is 11.8. The topological polar surface area (TPSA) is 55.4 Å². The van der Waals surface area contributed by atoms with Crippen molar-refractivity contribution in [2.75, 3.05) is 18.2 Å². The van der Waals surface area contributed by atoms with Crippen LogP contribution in [-0.2, 0) is 14.3 Å². The number of thioether (sulfide) groups is 1. The molecular weight excluding hydrogens is 330 g/mol. The Balaban J connectivity index is 2.49. The van der Waals surface area contributed by atoms with Gasteiger partial charge in [0, 0.05) is 10.2 Å². The summed E-state index contributed by atoms with van der Waals surface area (Å²) in [5.41, 5.74) is 1.76. The maximum atomic E-state index is 11.8. The maximum Gasteiger partial charge on any atom is 0.318 e. The van der Waals surface area contributed by atoms with Gasteiger partial charge in [-0.2, -0.15) is 0 Å². The summed E-state index contributed by atoms with van der Waals surface area (Å²) in [7, 11) is 1.34. The van der Waals surface area contributed by atoms with Crippen molar-refractivity contribution in [1.82, 2.24) is 0 Å². The zero-order valence-electron chi connectivity index (χ0n) is 11.0. The standard InChI is InChI=1S/C13H16BrNO3S/c1-8-6-10(14)4-5-11(8)15-12(16)7-19-9(2)13(17)18-3/h4-6,9H,7H2,1-3H3,(H,15,16). The van der Waals surface area contributed by atoms with Crippen molar-refractivity contribution in [3.63, 3.8) is 0 Å². The molecule has 0 bridgehead atoms. The summed E-state index contributed by atoms with van der Waals surface area (Å²) in [4.78, 5) is 23.0. The Labute approximate surface area is 125 Å². The van der Waals surface area contributed by atoms with E-state index < -0.39 is 0 Å². The summed E-state index contributed by atoms with van der Waals surface area (Å²) in [6, 6.07) is 5.64. The third-order valence-corrected chi connectivity index (χ3v) is 4.07. The lowest BCUT2D eigenvalue weighted by molar-refractivity contribution is -0.139. The zero-order valence-corrected chi connectivity index (χ0v) is 13.4. The first-order valence-corrected chi connectivity index (χ1v) is 7.53. The fourth-order valence-electron chi connectivity index (χ4n) is 1.39. The van der Waals surface area contributed by atoms with Gasteiger partial charge in [0.1, 0.15) is 5.25 Å². The molecule has 0 heterocycles. The lowest BCUT2D eigenvalue weighted by Crippen LogP contribution is -2.20. The van der Waals surface area contributed by atoms with Gasteiger partial charge in [-0.05, 0) is 37.6 Å². The number of amides is 1. The molecule has 1 aromatic carbocycles. The summed E-state index contributed by atoms with van der Waals surface area (Å²) >= 11 is 4.62. The minimum Gasteiger partial charge on any atom is -0.468 e. The SMILES string of the molecule is COC(=O)C(C)SCC(=O)Nc1ccc(Br)cc1C. The van der Waals surface area contributed by atoms with Gasteiger partial charge in [0.15, 0.2) is 0 Å². The number of anilines is 1. The van der Waals surface area contributed by atoms with Crippen LogP contribution in [0, 0.1) is 6.92 Å². The number of ether oxygens (including phenoxy) is 1. The lowest BCUT2D eigenvalue weighted by Gasteiger charge is -2.10. The van der Waals surface area contributed by atoms with Crippen LogP contribution in [-0.4, -0.2) is 30.0 Å². The molecule has 0 aliphatic carbocycles. The summed E-state index contributed by atoms with van der Waals surface area (Å²) in [6.45, 7) is 3.64. The number of aryl methyl sites for hydroxylation is 1. The number of rotatable bonds is 5. The molecule has 0 fully saturated rings. The molecule has 1 rings (SSSR count). The molecule has 1 unspecified atom stereocenters. The Kier molecular flexibility index (Phi) is 6.37.